The Morgan fingerprint density at radius 2 is 1.59 bits per heavy atom. The summed E-state index contributed by atoms with van der Waals surface area (Å²) < 4.78 is 38.7. The number of rotatable bonds is 10. The van der Waals surface area contributed by atoms with Crippen molar-refractivity contribution < 1.29 is 27.5 Å². The number of methoxy groups -OCH3 is 2. The summed E-state index contributed by atoms with van der Waals surface area (Å²) in [5.74, 6) is 0.749. The summed E-state index contributed by atoms with van der Waals surface area (Å²) in [5, 5.41) is 0. The molecule has 0 unspecified atom stereocenters. The summed E-state index contributed by atoms with van der Waals surface area (Å²) in [5.41, 5.74) is 2.95. The number of Topliss-reactive ketones (excluding diaryl/α,β-unsaturated/α-hetero) is 2. The maximum absolute atomic E-state index is 13.6. The molecule has 5 rings (SSSR count). The van der Waals surface area contributed by atoms with Crippen molar-refractivity contribution in [1.29, 1.82) is 0 Å². The van der Waals surface area contributed by atoms with Gasteiger partial charge in [0.1, 0.15) is 16.4 Å². The van der Waals surface area contributed by atoms with Gasteiger partial charge in [-0.2, -0.15) is 4.31 Å². The third-order valence-electron chi connectivity index (χ3n) is 7.54. The van der Waals surface area contributed by atoms with Crippen LogP contribution in [0.1, 0.15) is 67.3 Å². The summed E-state index contributed by atoms with van der Waals surface area (Å²) in [6, 6.07) is 12.0. The molecule has 1 aliphatic carbocycles. The first-order valence-electron chi connectivity index (χ1n) is 13.3. The fourth-order valence-electron chi connectivity index (χ4n) is 5.46. The van der Waals surface area contributed by atoms with Crippen LogP contribution in [0.4, 0.5) is 0 Å². The van der Waals surface area contributed by atoms with E-state index < -0.39 is 10.0 Å². The predicted octanol–water partition coefficient (Wildman–Crippen LogP) is 5.28. The molecule has 1 fully saturated rings. The number of carbonyl (C=O) groups is 2. The molecule has 0 N–H and O–H groups in total. The van der Waals surface area contributed by atoms with Gasteiger partial charge in [0.2, 0.25) is 10.0 Å². The first-order chi connectivity index (χ1) is 18.8. The van der Waals surface area contributed by atoms with Crippen molar-refractivity contribution in [2.24, 2.45) is 0 Å². The molecule has 39 heavy (non-hydrogen) atoms. The van der Waals surface area contributed by atoms with E-state index in [2.05, 4.69) is 0 Å². The normalized spacial score (nSPS) is 15.6. The molecule has 0 spiro atoms. The Kier molecular flexibility index (Phi) is 8.21. The van der Waals surface area contributed by atoms with Gasteiger partial charge in [0.05, 0.1) is 14.2 Å². The first kappa shape index (κ1) is 27.6. The molecular formula is C30H33NO6S2. The van der Waals surface area contributed by atoms with E-state index in [0.29, 0.717) is 24.2 Å². The van der Waals surface area contributed by atoms with Gasteiger partial charge in [-0.25, -0.2) is 8.42 Å². The molecule has 2 aromatic carbocycles. The number of sulfonamides is 1. The van der Waals surface area contributed by atoms with E-state index in [1.54, 1.807) is 30.6 Å². The zero-order chi connectivity index (χ0) is 27.6. The second kappa shape index (κ2) is 11.6. The van der Waals surface area contributed by atoms with Crippen molar-refractivity contribution >= 4 is 32.9 Å². The number of ketones is 2. The van der Waals surface area contributed by atoms with Crippen LogP contribution in [0, 0.1) is 0 Å². The van der Waals surface area contributed by atoms with Crippen molar-refractivity contribution in [2.75, 3.05) is 27.3 Å². The van der Waals surface area contributed by atoms with Gasteiger partial charge in [-0.1, -0.05) is 12.1 Å². The average Bonchev–Trinajstić information content (AvgIpc) is 3.62. The zero-order valence-corrected chi connectivity index (χ0v) is 24.0. The molecule has 206 valence electrons. The maximum Gasteiger partial charge on any atom is 0.246 e. The van der Waals surface area contributed by atoms with Gasteiger partial charge < -0.3 is 9.47 Å². The Bertz CT molecular complexity index is 1480. The van der Waals surface area contributed by atoms with Crippen molar-refractivity contribution in [1.82, 2.24) is 4.31 Å². The number of benzene rings is 2. The lowest BCUT2D eigenvalue weighted by molar-refractivity contribution is 0.0989. The predicted molar refractivity (Wildman–Crippen MR) is 151 cm³/mol. The van der Waals surface area contributed by atoms with Gasteiger partial charge in [0.15, 0.2) is 11.6 Å². The molecular weight excluding hydrogens is 534 g/mol. The second-order valence-corrected chi connectivity index (χ2v) is 13.1. The fourth-order valence-corrected chi connectivity index (χ4v) is 8.57. The molecule has 1 aliphatic heterocycles. The minimum Gasteiger partial charge on any atom is -0.497 e. The van der Waals surface area contributed by atoms with Crippen LogP contribution in [0.3, 0.4) is 0 Å². The molecule has 2 aliphatic rings. The van der Waals surface area contributed by atoms with Crippen molar-refractivity contribution in [3.63, 3.8) is 0 Å². The first-order valence-corrected chi connectivity index (χ1v) is 15.6. The highest BCUT2D eigenvalue weighted by Crippen LogP contribution is 2.37. The summed E-state index contributed by atoms with van der Waals surface area (Å²) in [7, 11) is -0.745. The maximum atomic E-state index is 13.6. The van der Waals surface area contributed by atoms with Gasteiger partial charge in [0.25, 0.3) is 0 Å². The van der Waals surface area contributed by atoms with Crippen LogP contribution < -0.4 is 9.47 Å². The number of hydrogen-bond acceptors (Lipinski definition) is 7. The minimum atomic E-state index is -3.78. The van der Waals surface area contributed by atoms with Crippen molar-refractivity contribution in [3.8, 4) is 11.5 Å². The Morgan fingerprint density at radius 1 is 0.872 bits per heavy atom. The smallest absolute Gasteiger partial charge is 0.246 e. The third kappa shape index (κ3) is 5.66. The molecule has 0 saturated carbocycles. The minimum absolute atomic E-state index is 0.00870. The standard InChI is InChI=1S/C30H33NO6S2/c1-36-22-12-9-20(10-13-22)17-25(33)30-23-7-3-4-8-27(23)38-28(30)19-24(32)21-11-14-26(37-2)29(18-21)39(34,35)31-15-5-6-16-31/h9-14,18H,3-8,15-17,19H2,1-2H3. The van der Waals surface area contributed by atoms with E-state index in [9.17, 15) is 18.0 Å². The lowest BCUT2D eigenvalue weighted by Crippen LogP contribution is -2.28. The van der Waals surface area contributed by atoms with Crippen molar-refractivity contribution in [2.45, 2.75) is 56.3 Å². The van der Waals surface area contributed by atoms with Gasteiger partial charge in [-0.3, -0.25) is 9.59 Å². The average molecular weight is 568 g/mol. The van der Waals surface area contributed by atoms with Gasteiger partial charge >= 0.3 is 0 Å². The zero-order valence-electron chi connectivity index (χ0n) is 22.3. The Balaban J connectivity index is 1.44. The van der Waals surface area contributed by atoms with Crippen LogP contribution in [-0.2, 0) is 35.7 Å². The quantitative estimate of drug-likeness (QED) is 0.310. The van der Waals surface area contributed by atoms with Crippen molar-refractivity contribution in [3.05, 3.63) is 74.5 Å². The lowest BCUT2D eigenvalue weighted by atomic mass is 9.90. The molecule has 0 atom stereocenters. The highest BCUT2D eigenvalue weighted by atomic mass is 32.2. The monoisotopic (exact) mass is 567 g/mol. The SMILES string of the molecule is COc1ccc(CC(=O)c2c(CC(=O)c3ccc(OC)c(S(=O)(=O)N4CCCC4)c3)sc3c2CCCC3)cc1. The number of nitrogens with zero attached hydrogens (tertiary/aromatic N) is 1. The van der Waals surface area contributed by atoms with E-state index in [0.717, 1.165) is 60.3 Å². The van der Waals surface area contributed by atoms with Crippen LogP contribution in [0.15, 0.2) is 47.4 Å². The van der Waals surface area contributed by atoms with Gasteiger partial charge in [-0.05, 0) is 80.0 Å². The molecule has 1 aromatic heterocycles. The van der Waals surface area contributed by atoms with Crippen LogP contribution in [0.25, 0.3) is 0 Å². The highest BCUT2D eigenvalue weighted by molar-refractivity contribution is 7.89. The molecule has 0 amide bonds. The fraction of sp³-hybridized carbons (Fsp3) is 0.400. The van der Waals surface area contributed by atoms with E-state index >= 15 is 0 Å². The van der Waals surface area contributed by atoms with E-state index in [1.165, 1.54) is 22.4 Å². The lowest BCUT2D eigenvalue weighted by Gasteiger charge is -2.18. The van der Waals surface area contributed by atoms with Gasteiger partial charge in [-0.15, -0.1) is 11.3 Å². The number of ether oxygens (including phenoxy) is 2. The summed E-state index contributed by atoms with van der Waals surface area (Å²) in [6.07, 6.45) is 5.78. The molecule has 9 heteroatoms. The topological polar surface area (TPSA) is 90.0 Å². The summed E-state index contributed by atoms with van der Waals surface area (Å²) >= 11 is 1.55. The molecule has 0 bridgehead atoms. The second-order valence-electron chi connectivity index (χ2n) is 10.0. The Hall–Kier alpha value is -3.01. The number of hydrogen-bond donors (Lipinski definition) is 0. The molecule has 3 aromatic rings. The third-order valence-corrected chi connectivity index (χ3v) is 10.7. The Labute approximate surface area is 233 Å². The molecule has 7 nitrogen and oxygen atoms in total. The number of thiophene rings is 1. The summed E-state index contributed by atoms with van der Waals surface area (Å²) in [4.78, 5) is 29.2. The van der Waals surface area contributed by atoms with E-state index in [4.69, 9.17) is 9.47 Å². The number of carbonyl (C=O) groups excluding carboxylic acids is 2. The highest BCUT2D eigenvalue weighted by Gasteiger charge is 2.31. The molecule has 2 heterocycles. The van der Waals surface area contributed by atoms with Crippen LogP contribution in [0.5, 0.6) is 11.5 Å². The van der Waals surface area contributed by atoms with Crippen LogP contribution >= 0.6 is 11.3 Å². The summed E-state index contributed by atoms with van der Waals surface area (Å²) in [6.45, 7) is 0.925. The van der Waals surface area contributed by atoms with E-state index in [1.807, 2.05) is 24.3 Å². The van der Waals surface area contributed by atoms with Gasteiger partial charge in [0, 0.05) is 46.8 Å². The van der Waals surface area contributed by atoms with E-state index in [-0.39, 0.29) is 35.1 Å². The molecule has 1 saturated heterocycles. The Morgan fingerprint density at radius 3 is 2.28 bits per heavy atom. The number of aryl methyl sites for hydroxylation is 1. The molecule has 0 radical (unpaired) electrons. The van der Waals surface area contributed by atoms with Crippen LogP contribution in [0.2, 0.25) is 0 Å². The number of fused-ring (bicyclic) bond motifs is 1. The van der Waals surface area contributed by atoms with Crippen LogP contribution in [-0.4, -0.2) is 51.6 Å². The largest absolute Gasteiger partial charge is 0.497 e.